The molecule has 0 aliphatic carbocycles. The van der Waals surface area contributed by atoms with Crippen LogP contribution in [0.5, 0.6) is 0 Å². The molecule has 2 heterocycles. The van der Waals surface area contributed by atoms with Gasteiger partial charge in [0.25, 0.3) is 0 Å². The van der Waals surface area contributed by atoms with Crippen LogP contribution in [0.1, 0.15) is 11.1 Å². The third-order valence-corrected chi connectivity index (χ3v) is 4.85. The number of aromatic nitrogens is 3. The topological polar surface area (TPSA) is 99.0 Å². The van der Waals surface area contributed by atoms with Gasteiger partial charge >= 0.3 is 0 Å². The number of aromatic amines is 1. The van der Waals surface area contributed by atoms with Crippen LogP contribution in [0.3, 0.4) is 0 Å². The Morgan fingerprint density at radius 1 is 1.17 bits per heavy atom. The standard InChI is InChI=1S/C20H19ClFN5O2/c21-15-5-1-3-12(18(15)22)9-14(11-28)24-20-25-16-6-2-4-13(19(16)26-20)10-23-17-7-8-29-27-17/h1-8,14,28H,9-11H2,(H,23,27)(H2,24,25,26). The largest absolute Gasteiger partial charge is 0.394 e. The van der Waals surface area contributed by atoms with Crippen molar-refractivity contribution in [2.45, 2.75) is 19.0 Å². The Hall–Kier alpha value is -3.10. The molecule has 0 saturated heterocycles. The Morgan fingerprint density at radius 2 is 2.00 bits per heavy atom. The van der Waals surface area contributed by atoms with Crippen LogP contribution in [-0.4, -0.2) is 32.9 Å². The van der Waals surface area contributed by atoms with Crippen LogP contribution in [0.2, 0.25) is 5.02 Å². The maximum atomic E-state index is 14.2. The molecule has 9 heteroatoms. The van der Waals surface area contributed by atoms with Crippen LogP contribution >= 0.6 is 11.6 Å². The molecule has 7 nitrogen and oxygen atoms in total. The predicted molar refractivity (Wildman–Crippen MR) is 110 cm³/mol. The molecular weight excluding hydrogens is 397 g/mol. The zero-order valence-corrected chi connectivity index (χ0v) is 16.1. The normalized spacial score (nSPS) is 12.2. The third-order valence-electron chi connectivity index (χ3n) is 4.55. The number of benzene rings is 2. The molecule has 0 spiro atoms. The van der Waals surface area contributed by atoms with Crippen molar-refractivity contribution < 1.29 is 14.0 Å². The summed E-state index contributed by atoms with van der Waals surface area (Å²) in [4.78, 5) is 7.79. The number of rotatable bonds is 8. The molecule has 0 saturated carbocycles. The van der Waals surface area contributed by atoms with Crippen molar-refractivity contribution in [2.24, 2.45) is 0 Å². The second kappa shape index (κ2) is 8.50. The summed E-state index contributed by atoms with van der Waals surface area (Å²) in [5.74, 6) is 0.662. The molecule has 150 valence electrons. The summed E-state index contributed by atoms with van der Waals surface area (Å²) in [6, 6.07) is 11.9. The van der Waals surface area contributed by atoms with Gasteiger partial charge in [0.15, 0.2) is 5.82 Å². The molecule has 2 aromatic carbocycles. The van der Waals surface area contributed by atoms with E-state index in [1.807, 2.05) is 18.2 Å². The summed E-state index contributed by atoms with van der Waals surface area (Å²) in [5, 5.41) is 19.9. The van der Waals surface area contributed by atoms with Crippen molar-refractivity contribution in [3.05, 3.63) is 70.7 Å². The highest BCUT2D eigenvalue weighted by Gasteiger charge is 2.16. The fraction of sp³-hybridized carbons (Fsp3) is 0.200. The lowest BCUT2D eigenvalue weighted by Crippen LogP contribution is -2.27. The monoisotopic (exact) mass is 415 g/mol. The molecule has 0 amide bonds. The zero-order chi connectivity index (χ0) is 20.2. The lowest BCUT2D eigenvalue weighted by molar-refractivity contribution is 0.272. The van der Waals surface area contributed by atoms with E-state index in [2.05, 4.69) is 25.8 Å². The van der Waals surface area contributed by atoms with Gasteiger partial charge in [0.2, 0.25) is 5.95 Å². The van der Waals surface area contributed by atoms with Crippen molar-refractivity contribution in [3.63, 3.8) is 0 Å². The van der Waals surface area contributed by atoms with E-state index >= 15 is 0 Å². The van der Waals surface area contributed by atoms with Gasteiger partial charge in [0, 0.05) is 12.6 Å². The van der Waals surface area contributed by atoms with E-state index in [1.54, 1.807) is 18.2 Å². The van der Waals surface area contributed by atoms with Gasteiger partial charge < -0.3 is 25.2 Å². The van der Waals surface area contributed by atoms with Crippen molar-refractivity contribution in [3.8, 4) is 0 Å². The molecule has 0 aliphatic rings. The first kappa shape index (κ1) is 19.2. The number of hydrogen-bond donors (Lipinski definition) is 4. The first-order valence-electron chi connectivity index (χ1n) is 9.06. The Labute approximate surface area is 170 Å². The minimum atomic E-state index is -0.472. The van der Waals surface area contributed by atoms with E-state index < -0.39 is 11.9 Å². The molecule has 0 bridgehead atoms. The van der Waals surface area contributed by atoms with Crippen LogP contribution in [0, 0.1) is 5.82 Å². The fourth-order valence-electron chi connectivity index (χ4n) is 3.12. The van der Waals surface area contributed by atoms with Gasteiger partial charge in [-0.3, -0.25) is 0 Å². The molecule has 0 aliphatic heterocycles. The highest BCUT2D eigenvalue weighted by molar-refractivity contribution is 6.30. The summed E-state index contributed by atoms with van der Waals surface area (Å²) in [7, 11) is 0. The second-order valence-corrected chi connectivity index (χ2v) is 6.99. The molecule has 1 atom stereocenters. The van der Waals surface area contributed by atoms with Crippen LogP contribution in [0.4, 0.5) is 16.2 Å². The summed E-state index contributed by atoms with van der Waals surface area (Å²) in [6.07, 6.45) is 1.76. The maximum absolute atomic E-state index is 14.2. The van der Waals surface area contributed by atoms with E-state index in [4.69, 9.17) is 16.1 Å². The van der Waals surface area contributed by atoms with Crippen LogP contribution in [0.25, 0.3) is 11.0 Å². The smallest absolute Gasteiger partial charge is 0.201 e. The number of nitrogens with one attached hydrogen (secondary N) is 3. The fourth-order valence-corrected chi connectivity index (χ4v) is 3.31. The van der Waals surface area contributed by atoms with Crippen molar-refractivity contribution in [1.29, 1.82) is 0 Å². The number of nitrogens with zero attached hydrogens (tertiary/aromatic N) is 2. The first-order valence-corrected chi connectivity index (χ1v) is 9.44. The number of imidazole rings is 1. The highest BCUT2D eigenvalue weighted by Crippen LogP contribution is 2.22. The predicted octanol–water partition coefficient (Wildman–Crippen LogP) is 3.97. The van der Waals surface area contributed by atoms with Gasteiger partial charge in [-0.1, -0.05) is 41.0 Å². The molecule has 0 fully saturated rings. The van der Waals surface area contributed by atoms with Crippen LogP contribution in [0.15, 0.2) is 53.3 Å². The van der Waals surface area contributed by atoms with E-state index in [0.29, 0.717) is 23.9 Å². The Morgan fingerprint density at radius 3 is 2.79 bits per heavy atom. The lowest BCUT2D eigenvalue weighted by Gasteiger charge is -2.16. The third kappa shape index (κ3) is 4.33. The van der Waals surface area contributed by atoms with E-state index in [-0.39, 0.29) is 18.1 Å². The Balaban J connectivity index is 1.51. The highest BCUT2D eigenvalue weighted by atomic mass is 35.5. The van der Waals surface area contributed by atoms with Gasteiger partial charge in [-0.05, 0) is 29.7 Å². The van der Waals surface area contributed by atoms with Gasteiger partial charge in [-0.15, -0.1) is 0 Å². The number of anilines is 2. The van der Waals surface area contributed by atoms with Crippen molar-refractivity contribution in [1.82, 2.24) is 15.1 Å². The second-order valence-electron chi connectivity index (χ2n) is 6.58. The molecule has 4 rings (SSSR count). The summed E-state index contributed by atoms with van der Waals surface area (Å²) in [6.45, 7) is 0.328. The Bertz CT molecular complexity index is 1100. The van der Waals surface area contributed by atoms with Crippen molar-refractivity contribution in [2.75, 3.05) is 17.2 Å². The molecule has 29 heavy (non-hydrogen) atoms. The maximum Gasteiger partial charge on any atom is 0.201 e. The van der Waals surface area contributed by atoms with Gasteiger partial charge in [-0.25, -0.2) is 9.37 Å². The zero-order valence-electron chi connectivity index (χ0n) is 15.3. The number of para-hydroxylation sites is 1. The Kier molecular flexibility index (Phi) is 5.64. The number of hydrogen-bond acceptors (Lipinski definition) is 6. The van der Waals surface area contributed by atoms with Crippen LogP contribution in [-0.2, 0) is 13.0 Å². The molecule has 0 radical (unpaired) electrons. The molecule has 4 aromatic rings. The number of aliphatic hydroxyl groups is 1. The minimum absolute atomic E-state index is 0.0622. The van der Waals surface area contributed by atoms with Gasteiger partial charge in [0.1, 0.15) is 12.1 Å². The van der Waals surface area contributed by atoms with Gasteiger partial charge in [0.05, 0.1) is 28.7 Å². The summed E-state index contributed by atoms with van der Waals surface area (Å²) >= 11 is 5.85. The summed E-state index contributed by atoms with van der Waals surface area (Å²) in [5.41, 5.74) is 3.03. The molecule has 4 N–H and O–H groups in total. The number of halogens is 2. The lowest BCUT2D eigenvalue weighted by atomic mass is 10.1. The van der Waals surface area contributed by atoms with E-state index in [9.17, 15) is 9.50 Å². The quantitative estimate of drug-likeness (QED) is 0.347. The SMILES string of the molecule is OCC(Cc1cccc(Cl)c1F)Nc1nc2c(CNc3ccon3)cccc2[nH]1. The minimum Gasteiger partial charge on any atom is -0.394 e. The number of fused-ring (bicyclic) bond motifs is 1. The average Bonchev–Trinajstić information content (AvgIpc) is 3.38. The number of aliphatic hydroxyl groups excluding tert-OH is 1. The molecule has 1 unspecified atom stereocenters. The molecule has 2 aromatic heterocycles. The van der Waals surface area contributed by atoms with E-state index in [1.165, 1.54) is 12.3 Å². The molecular formula is C20H19ClFN5O2. The number of H-pyrrole nitrogens is 1. The first-order chi connectivity index (χ1) is 14.1. The van der Waals surface area contributed by atoms with Gasteiger partial charge in [-0.2, -0.15) is 0 Å². The summed E-state index contributed by atoms with van der Waals surface area (Å²) < 4.78 is 19.0. The van der Waals surface area contributed by atoms with Crippen molar-refractivity contribution >= 4 is 34.4 Å². The van der Waals surface area contributed by atoms with Crippen LogP contribution < -0.4 is 10.6 Å². The average molecular weight is 416 g/mol. The van der Waals surface area contributed by atoms with E-state index in [0.717, 1.165) is 16.6 Å².